The summed E-state index contributed by atoms with van der Waals surface area (Å²) >= 11 is 0. The van der Waals surface area contributed by atoms with E-state index in [1.54, 1.807) is 0 Å². The summed E-state index contributed by atoms with van der Waals surface area (Å²) in [4.78, 5) is 2.36. The van der Waals surface area contributed by atoms with Crippen LogP contribution >= 0.6 is 0 Å². The van der Waals surface area contributed by atoms with Gasteiger partial charge in [0.1, 0.15) is 0 Å². The number of nitrogens with zero attached hydrogens (tertiary/aromatic N) is 2. The van der Waals surface area contributed by atoms with Crippen molar-refractivity contribution in [3.8, 4) is 0 Å². The van der Waals surface area contributed by atoms with Crippen molar-refractivity contribution in [1.29, 1.82) is 0 Å². The van der Waals surface area contributed by atoms with Crippen LogP contribution in [0.15, 0.2) is 12.1 Å². The van der Waals surface area contributed by atoms with E-state index in [1.165, 1.54) is 33.3 Å². The van der Waals surface area contributed by atoms with Gasteiger partial charge in [0.15, 0.2) is 0 Å². The minimum atomic E-state index is 0.629. The minimum Gasteiger partial charge on any atom is -0.345 e. The zero-order valence-electron chi connectivity index (χ0n) is 11.5. The quantitative estimate of drug-likeness (QED) is 0.878. The molecule has 0 atom stereocenters. The second kappa shape index (κ2) is 4.11. The molecule has 2 N–H and O–H groups in total. The number of aryl methyl sites for hydroxylation is 1. The molecule has 0 fully saturated rings. The van der Waals surface area contributed by atoms with Gasteiger partial charge in [-0.15, -0.1) is 0 Å². The Morgan fingerprint density at radius 2 is 1.89 bits per heavy atom. The Balaban J connectivity index is 2.31. The molecule has 0 spiro atoms. The Morgan fingerprint density at radius 3 is 2.50 bits per heavy atom. The van der Waals surface area contributed by atoms with E-state index >= 15 is 0 Å². The second-order valence-electron chi connectivity index (χ2n) is 5.32. The monoisotopic (exact) mass is 243 g/mol. The third kappa shape index (κ3) is 1.51. The Kier molecular flexibility index (Phi) is 2.68. The average molecular weight is 243 g/mol. The molecule has 1 aliphatic heterocycles. The van der Waals surface area contributed by atoms with Crippen LogP contribution in [0.5, 0.6) is 0 Å². The molecule has 3 rings (SSSR count). The lowest BCUT2D eigenvalue weighted by Gasteiger charge is -2.05. The summed E-state index contributed by atoms with van der Waals surface area (Å²) in [5.41, 5.74) is 12.9. The summed E-state index contributed by atoms with van der Waals surface area (Å²) < 4.78 is 2.39. The predicted octanol–water partition coefficient (Wildman–Crippen LogP) is 2.37. The van der Waals surface area contributed by atoms with Crippen LogP contribution in [0.1, 0.15) is 29.3 Å². The van der Waals surface area contributed by atoms with Crippen molar-refractivity contribution >= 4 is 10.9 Å². The second-order valence-corrected chi connectivity index (χ2v) is 5.32. The van der Waals surface area contributed by atoms with Crippen LogP contribution in [0.25, 0.3) is 10.9 Å². The van der Waals surface area contributed by atoms with Gasteiger partial charge in [-0.1, -0.05) is 0 Å². The molecule has 3 nitrogen and oxygen atoms in total. The molecule has 96 valence electrons. The van der Waals surface area contributed by atoms with Gasteiger partial charge in [-0.2, -0.15) is 0 Å². The minimum absolute atomic E-state index is 0.629. The van der Waals surface area contributed by atoms with E-state index in [9.17, 15) is 0 Å². The highest BCUT2D eigenvalue weighted by Crippen LogP contribution is 2.32. The molecule has 0 saturated carbocycles. The van der Waals surface area contributed by atoms with Gasteiger partial charge in [-0.05, 0) is 49.7 Å². The first-order valence-corrected chi connectivity index (χ1v) is 6.67. The number of rotatable bonds is 2. The van der Waals surface area contributed by atoms with E-state index in [2.05, 4.69) is 42.5 Å². The van der Waals surface area contributed by atoms with Crippen LogP contribution in [0.2, 0.25) is 0 Å². The average Bonchev–Trinajstić information content (AvgIpc) is 2.81. The lowest BCUT2D eigenvalue weighted by atomic mass is 10.0. The van der Waals surface area contributed by atoms with E-state index < -0.39 is 0 Å². The predicted molar refractivity (Wildman–Crippen MR) is 75.4 cm³/mol. The molecule has 3 heteroatoms. The summed E-state index contributed by atoms with van der Waals surface area (Å²) in [6.45, 7) is 8.15. The van der Waals surface area contributed by atoms with Crippen molar-refractivity contribution in [1.82, 2.24) is 9.47 Å². The molecule has 1 aromatic heterocycles. The molecule has 0 bridgehead atoms. The maximum absolute atomic E-state index is 5.93. The highest BCUT2D eigenvalue weighted by atomic mass is 15.1. The molecule has 0 radical (unpaired) electrons. The van der Waals surface area contributed by atoms with Crippen LogP contribution in [0, 0.1) is 6.92 Å². The number of hydrogen-bond donors (Lipinski definition) is 1. The molecule has 0 aliphatic carbocycles. The Labute approximate surface area is 108 Å². The Morgan fingerprint density at radius 1 is 1.22 bits per heavy atom. The van der Waals surface area contributed by atoms with Crippen molar-refractivity contribution in [2.45, 2.75) is 40.0 Å². The van der Waals surface area contributed by atoms with Crippen LogP contribution < -0.4 is 5.73 Å². The van der Waals surface area contributed by atoms with Crippen LogP contribution in [0.3, 0.4) is 0 Å². The molecule has 2 aromatic rings. The van der Waals surface area contributed by atoms with Gasteiger partial charge >= 0.3 is 0 Å². The van der Waals surface area contributed by atoms with Crippen molar-refractivity contribution in [2.24, 2.45) is 5.73 Å². The fourth-order valence-corrected chi connectivity index (χ4v) is 3.28. The normalized spacial score (nSPS) is 15.6. The molecule has 2 heterocycles. The maximum Gasteiger partial charge on any atom is 0.0489 e. The zero-order chi connectivity index (χ0) is 12.9. The van der Waals surface area contributed by atoms with Crippen molar-refractivity contribution in [2.75, 3.05) is 7.05 Å². The first kappa shape index (κ1) is 11.8. The van der Waals surface area contributed by atoms with E-state index in [1.807, 2.05) is 0 Å². The van der Waals surface area contributed by atoms with Gasteiger partial charge in [0.05, 0.1) is 0 Å². The number of benzene rings is 1. The fourth-order valence-electron chi connectivity index (χ4n) is 3.28. The lowest BCUT2D eigenvalue weighted by molar-refractivity contribution is 0.353. The number of nitrogens with two attached hydrogens (primary N) is 1. The van der Waals surface area contributed by atoms with Gasteiger partial charge < -0.3 is 10.3 Å². The third-order valence-corrected chi connectivity index (χ3v) is 4.18. The summed E-state index contributed by atoms with van der Waals surface area (Å²) in [5.74, 6) is 0. The standard InChI is InChI=1S/C15H21N3/c1-4-18-10(2)14(7-16)13-5-11-8-17(3)9-12(11)6-15(13)18/h5-6H,4,7-9,16H2,1-3H3. The van der Waals surface area contributed by atoms with Crippen LogP contribution in [0.4, 0.5) is 0 Å². The van der Waals surface area contributed by atoms with E-state index in [0.29, 0.717) is 6.54 Å². The highest BCUT2D eigenvalue weighted by Gasteiger charge is 2.20. The number of aromatic nitrogens is 1. The van der Waals surface area contributed by atoms with Gasteiger partial charge in [-0.3, -0.25) is 4.90 Å². The van der Waals surface area contributed by atoms with E-state index in [0.717, 1.165) is 19.6 Å². The largest absolute Gasteiger partial charge is 0.345 e. The molecule has 18 heavy (non-hydrogen) atoms. The molecule has 1 aliphatic rings. The van der Waals surface area contributed by atoms with Gasteiger partial charge in [0.25, 0.3) is 0 Å². The van der Waals surface area contributed by atoms with Crippen molar-refractivity contribution < 1.29 is 0 Å². The smallest absolute Gasteiger partial charge is 0.0489 e. The van der Waals surface area contributed by atoms with Crippen molar-refractivity contribution in [3.63, 3.8) is 0 Å². The maximum atomic E-state index is 5.93. The summed E-state index contributed by atoms with van der Waals surface area (Å²) in [5, 5.41) is 1.35. The van der Waals surface area contributed by atoms with E-state index in [-0.39, 0.29) is 0 Å². The molecular weight excluding hydrogens is 222 g/mol. The van der Waals surface area contributed by atoms with Crippen LogP contribution in [-0.2, 0) is 26.2 Å². The fraction of sp³-hybridized carbons (Fsp3) is 0.467. The zero-order valence-corrected chi connectivity index (χ0v) is 11.5. The molecule has 0 amide bonds. The first-order valence-electron chi connectivity index (χ1n) is 6.67. The molecule has 0 unspecified atom stereocenters. The first-order chi connectivity index (χ1) is 8.65. The topological polar surface area (TPSA) is 34.2 Å². The SMILES string of the molecule is CCn1c(C)c(CN)c2cc3c(cc21)CN(C)C3. The van der Waals surface area contributed by atoms with Crippen molar-refractivity contribution in [3.05, 3.63) is 34.5 Å². The third-order valence-electron chi connectivity index (χ3n) is 4.18. The van der Waals surface area contributed by atoms with Gasteiger partial charge in [0.2, 0.25) is 0 Å². The summed E-state index contributed by atoms with van der Waals surface area (Å²) in [6.07, 6.45) is 0. The Bertz CT molecular complexity index is 559. The van der Waals surface area contributed by atoms with Crippen LogP contribution in [-0.4, -0.2) is 16.5 Å². The summed E-state index contributed by atoms with van der Waals surface area (Å²) in [7, 11) is 2.17. The molecular formula is C15H21N3. The highest BCUT2D eigenvalue weighted by molar-refractivity contribution is 5.87. The van der Waals surface area contributed by atoms with Gasteiger partial charge in [0, 0.05) is 42.8 Å². The summed E-state index contributed by atoms with van der Waals surface area (Å²) in [6, 6.07) is 4.72. The molecule has 0 saturated heterocycles. The lowest BCUT2D eigenvalue weighted by Crippen LogP contribution is -2.07. The Hall–Kier alpha value is -1.32. The van der Waals surface area contributed by atoms with Gasteiger partial charge in [-0.25, -0.2) is 0 Å². The van der Waals surface area contributed by atoms with E-state index in [4.69, 9.17) is 5.73 Å². The number of fused-ring (bicyclic) bond motifs is 2. The molecule has 1 aromatic carbocycles. The number of hydrogen-bond acceptors (Lipinski definition) is 2.